The van der Waals surface area contributed by atoms with Crippen LogP contribution in [0.3, 0.4) is 0 Å². The van der Waals surface area contributed by atoms with Crippen LogP contribution in [0.1, 0.15) is 11.1 Å². The van der Waals surface area contributed by atoms with E-state index in [0.29, 0.717) is 18.1 Å². The second kappa shape index (κ2) is 4.98. The minimum absolute atomic E-state index is 0.129. The van der Waals surface area contributed by atoms with E-state index in [1.165, 1.54) is 0 Å². The van der Waals surface area contributed by atoms with Crippen molar-refractivity contribution >= 4 is 17.4 Å². The number of halogens is 1. The van der Waals surface area contributed by atoms with E-state index in [4.69, 9.17) is 27.5 Å². The van der Waals surface area contributed by atoms with Crippen LogP contribution < -0.4 is 5.73 Å². The van der Waals surface area contributed by atoms with Crippen molar-refractivity contribution in [3.8, 4) is 0 Å². The molecule has 0 saturated heterocycles. The number of amidine groups is 1. The van der Waals surface area contributed by atoms with E-state index >= 15 is 0 Å². The van der Waals surface area contributed by atoms with Gasteiger partial charge in [0.2, 0.25) is 0 Å². The summed E-state index contributed by atoms with van der Waals surface area (Å²) in [6, 6.07) is 5.51. The lowest BCUT2D eigenvalue weighted by molar-refractivity contribution is 0.184. The Morgan fingerprint density at radius 1 is 1.50 bits per heavy atom. The maximum atomic E-state index is 7.23. The van der Waals surface area contributed by atoms with Crippen LogP contribution in [-0.2, 0) is 17.8 Å². The molecule has 4 heteroatoms. The maximum Gasteiger partial charge on any atom is 0.0950 e. The predicted molar refractivity (Wildman–Crippen MR) is 57.8 cm³/mol. The number of benzene rings is 1. The zero-order valence-electron chi connectivity index (χ0n) is 8.01. The Balaban J connectivity index is 2.96. The van der Waals surface area contributed by atoms with Gasteiger partial charge in [-0.1, -0.05) is 17.7 Å². The van der Waals surface area contributed by atoms with E-state index < -0.39 is 0 Å². The standard InChI is InChI=1S/C10H13ClN2O/c1-14-6-7-2-3-9(11)4-8(7)5-10(12)13/h2-4H,5-6H2,1H3,(H3,12,13). The van der Waals surface area contributed by atoms with Crippen molar-refractivity contribution in [2.75, 3.05) is 7.11 Å². The topological polar surface area (TPSA) is 59.1 Å². The molecule has 0 heterocycles. The van der Waals surface area contributed by atoms with Crippen molar-refractivity contribution in [3.63, 3.8) is 0 Å². The average Bonchev–Trinajstić information content (AvgIpc) is 2.09. The van der Waals surface area contributed by atoms with Gasteiger partial charge >= 0.3 is 0 Å². The Hall–Kier alpha value is -1.06. The molecule has 0 aliphatic carbocycles. The Morgan fingerprint density at radius 2 is 2.21 bits per heavy atom. The largest absolute Gasteiger partial charge is 0.387 e. The van der Waals surface area contributed by atoms with Crippen molar-refractivity contribution in [1.29, 1.82) is 5.41 Å². The van der Waals surface area contributed by atoms with Gasteiger partial charge in [0, 0.05) is 18.6 Å². The van der Waals surface area contributed by atoms with Gasteiger partial charge in [0.15, 0.2) is 0 Å². The fourth-order valence-electron chi connectivity index (χ4n) is 1.26. The molecule has 0 atom stereocenters. The van der Waals surface area contributed by atoms with E-state index in [-0.39, 0.29) is 5.84 Å². The smallest absolute Gasteiger partial charge is 0.0950 e. The van der Waals surface area contributed by atoms with Crippen LogP contribution in [0.5, 0.6) is 0 Å². The molecule has 76 valence electrons. The van der Waals surface area contributed by atoms with E-state index in [9.17, 15) is 0 Å². The van der Waals surface area contributed by atoms with Gasteiger partial charge < -0.3 is 10.5 Å². The lowest BCUT2D eigenvalue weighted by Gasteiger charge is -2.08. The van der Waals surface area contributed by atoms with E-state index in [1.54, 1.807) is 13.2 Å². The number of nitrogens with two attached hydrogens (primary N) is 1. The first-order chi connectivity index (χ1) is 6.63. The highest BCUT2D eigenvalue weighted by Gasteiger charge is 2.04. The first kappa shape index (κ1) is 11.0. The average molecular weight is 213 g/mol. The van der Waals surface area contributed by atoms with Crippen molar-refractivity contribution < 1.29 is 4.74 Å². The lowest BCUT2D eigenvalue weighted by Crippen LogP contribution is -2.14. The molecule has 0 spiro atoms. The first-order valence-electron chi connectivity index (χ1n) is 4.22. The quantitative estimate of drug-likeness (QED) is 0.592. The molecule has 0 bridgehead atoms. The molecule has 0 radical (unpaired) electrons. The molecule has 3 nitrogen and oxygen atoms in total. The van der Waals surface area contributed by atoms with Crippen LogP contribution in [0.4, 0.5) is 0 Å². The Morgan fingerprint density at radius 3 is 2.79 bits per heavy atom. The molecule has 1 rings (SSSR count). The molecular formula is C10H13ClN2O. The first-order valence-corrected chi connectivity index (χ1v) is 4.60. The molecule has 14 heavy (non-hydrogen) atoms. The van der Waals surface area contributed by atoms with Gasteiger partial charge in [0.1, 0.15) is 0 Å². The fourth-order valence-corrected chi connectivity index (χ4v) is 1.46. The van der Waals surface area contributed by atoms with Crippen LogP contribution in [-0.4, -0.2) is 12.9 Å². The van der Waals surface area contributed by atoms with Gasteiger partial charge in [-0.15, -0.1) is 0 Å². The molecule has 0 saturated carbocycles. The number of rotatable bonds is 4. The maximum absolute atomic E-state index is 7.23. The molecule has 3 N–H and O–H groups in total. The monoisotopic (exact) mass is 212 g/mol. The van der Waals surface area contributed by atoms with Crippen LogP contribution in [0.2, 0.25) is 5.02 Å². The van der Waals surface area contributed by atoms with Gasteiger partial charge in [-0.3, -0.25) is 5.41 Å². The number of ether oxygens (including phenoxy) is 1. The summed E-state index contributed by atoms with van der Waals surface area (Å²) in [6.45, 7) is 0.514. The summed E-state index contributed by atoms with van der Waals surface area (Å²) in [6.07, 6.45) is 0.416. The second-order valence-electron chi connectivity index (χ2n) is 3.05. The minimum Gasteiger partial charge on any atom is -0.387 e. The van der Waals surface area contributed by atoms with Crippen molar-refractivity contribution in [3.05, 3.63) is 34.3 Å². The van der Waals surface area contributed by atoms with Gasteiger partial charge in [0.25, 0.3) is 0 Å². The lowest BCUT2D eigenvalue weighted by atomic mass is 10.0. The zero-order valence-corrected chi connectivity index (χ0v) is 8.77. The molecule has 1 aromatic rings. The third-order valence-corrected chi connectivity index (χ3v) is 2.08. The highest BCUT2D eigenvalue weighted by molar-refractivity contribution is 6.30. The summed E-state index contributed by atoms with van der Waals surface area (Å²) in [5.41, 5.74) is 7.31. The number of nitrogens with one attached hydrogen (secondary N) is 1. The zero-order chi connectivity index (χ0) is 10.6. The van der Waals surface area contributed by atoms with Crippen molar-refractivity contribution in [1.82, 2.24) is 0 Å². The number of methoxy groups -OCH3 is 1. The van der Waals surface area contributed by atoms with Crippen LogP contribution in [0.25, 0.3) is 0 Å². The third kappa shape index (κ3) is 3.01. The Kier molecular flexibility index (Phi) is 3.92. The Bertz CT molecular complexity index is 339. The molecule has 0 unspecified atom stereocenters. The van der Waals surface area contributed by atoms with E-state index in [1.807, 2.05) is 12.1 Å². The number of hydrogen-bond donors (Lipinski definition) is 2. The van der Waals surface area contributed by atoms with Crippen molar-refractivity contribution in [2.45, 2.75) is 13.0 Å². The molecule has 0 aromatic heterocycles. The molecule has 0 aliphatic rings. The third-order valence-electron chi connectivity index (χ3n) is 1.85. The molecule has 1 aromatic carbocycles. The SMILES string of the molecule is COCc1ccc(Cl)cc1CC(=N)N. The van der Waals surface area contributed by atoms with Crippen LogP contribution >= 0.6 is 11.6 Å². The molecule has 0 aliphatic heterocycles. The summed E-state index contributed by atoms with van der Waals surface area (Å²) in [5.74, 6) is 0.129. The summed E-state index contributed by atoms with van der Waals surface area (Å²) >= 11 is 5.85. The minimum atomic E-state index is 0.129. The van der Waals surface area contributed by atoms with Crippen LogP contribution in [0, 0.1) is 5.41 Å². The number of hydrogen-bond acceptors (Lipinski definition) is 2. The van der Waals surface area contributed by atoms with E-state index in [2.05, 4.69) is 0 Å². The van der Waals surface area contributed by atoms with Crippen LogP contribution in [0.15, 0.2) is 18.2 Å². The van der Waals surface area contributed by atoms with Gasteiger partial charge in [0.05, 0.1) is 12.4 Å². The molecule has 0 amide bonds. The summed E-state index contributed by atoms with van der Waals surface area (Å²) in [5, 5.41) is 7.88. The second-order valence-corrected chi connectivity index (χ2v) is 3.48. The molecular weight excluding hydrogens is 200 g/mol. The van der Waals surface area contributed by atoms with E-state index in [0.717, 1.165) is 11.1 Å². The highest BCUT2D eigenvalue weighted by Crippen LogP contribution is 2.17. The fraction of sp³-hybridized carbons (Fsp3) is 0.300. The predicted octanol–water partition coefficient (Wildman–Crippen LogP) is 1.96. The molecule has 0 fully saturated rings. The van der Waals surface area contributed by atoms with Gasteiger partial charge in [-0.05, 0) is 23.3 Å². The summed E-state index contributed by atoms with van der Waals surface area (Å²) in [4.78, 5) is 0. The van der Waals surface area contributed by atoms with Crippen molar-refractivity contribution in [2.24, 2.45) is 5.73 Å². The van der Waals surface area contributed by atoms with Gasteiger partial charge in [-0.25, -0.2) is 0 Å². The van der Waals surface area contributed by atoms with Gasteiger partial charge in [-0.2, -0.15) is 0 Å². The Labute approximate surface area is 88.3 Å². The summed E-state index contributed by atoms with van der Waals surface area (Å²) in [7, 11) is 1.63. The highest BCUT2D eigenvalue weighted by atomic mass is 35.5. The normalized spacial score (nSPS) is 10.1. The summed E-state index contributed by atoms with van der Waals surface area (Å²) < 4.78 is 5.04.